The molecule has 2 aromatic carbocycles. The number of anilines is 1. The molecule has 1 amide bonds. The molecule has 168 valence electrons. The summed E-state index contributed by atoms with van der Waals surface area (Å²) < 4.78 is 3.87. The molecule has 8 heteroatoms. The first-order chi connectivity index (χ1) is 16.1. The van der Waals surface area contributed by atoms with Gasteiger partial charge in [-0.1, -0.05) is 48.4 Å². The van der Waals surface area contributed by atoms with Gasteiger partial charge in [-0.3, -0.25) is 4.79 Å². The van der Waals surface area contributed by atoms with Crippen LogP contribution < -0.4 is 5.32 Å². The molecule has 0 unspecified atom stereocenters. The van der Waals surface area contributed by atoms with E-state index in [4.69, 9.17) is 11.6 Å². The SMILES string of the molecule is Cc1nn(Cc2ccccc2)c(Cl)c1C(=O)Nc1ccc(-c2nnc3n2CCCCC3)cc1. The summed E-state index contributed by atoms with van der Waals surface area (Å²) in [6.45, 7) is 3.24. The Labute approximate surface area is 197 Å². The highest BCUT2D eigenvalue weighted by molar-refractivity contribution is 6.33. The van der Waals surface area contributed by atoms with Crippen LogP contribution >= 0.6 is 11.6 Å². The van der Waals surface area contributed by atoms with Gasteiger partial charge in [-0.05, 0) is 49.6 Å². The van der Waals surface area contributed by atoms with Crippen LogP contribution in [0.15, 0.2) is 54.6 Å². The molecule has 1 N–H and O–H groups in total. The van der Waals surface area contributed by atoms with E-state index in [0.717, 1.165) is 48.6 Å². The van der Waals surface area contributed by atoms with Crippen LogP contribution in [0.5, 0.6) is 0 Å². The number of hydrogen-bond donors (Lipinski definition) is 1. The number of amides is 1. The first-order valence-corrected chi connectivity index (χ1v) is 11.6. The minimum absolute atomic E-state index is 0.277. The number of nitrogens with one attached hydrogen (secondary N) is 1. The number of aryl methyl sites for hydroxylation is 2. The molecule has 2 aromatic heterocycles. The molecule has 5 rings (SSSR count). The number of fused-ring (bicyclic) bond motifs is 1. The van der Waals surface area contributed by atoms with Crippen LogP contribution in [-0.4, -0.2) is 30.5 Å². The molecule has 3 heterocycles. The van der Waals surface area contributed by atoms with Crippen molar-refractivity contribution in [2.24, 2.45) is 0 Å². The summed E-state index contributed by atoms with van der Waals surface area (Å²) in [6, 6.07) is 17.6. The molecule has 1 aliphatic rings. The summed E-state index contributed by atoms with van der Waals surface area (Å²) in [6.07, 6.45) is 4.49. The van der Waals surface area contributed by atoms with Crippen LogP contribution in [-0.2, 0) is 19.5 Å². The van der Waals surface area contributed by atoms with Crippen molar-refractivity contribution < 1.29 is 4.79 Å². The number of aromatic nitrogens is 5. The van der Waals surface area contributed by atoms with E-state index in [1.807, 2.05) is 54.6 Å². The second kappa shape index (κ2) is 9.19. The van der Waals surface area contributed by atoms with Gasteiger partial charge in [-0.15, -0.1) is 10.2 Å². The zero-order valence-corrected chi connectivity index (χ0v) is 19.2. The van der Waals surface area contributed by atoms with Crippen molar-refractivity contribution in [1.82, 2.24) is 24.5 Å². The average molecular weight is 461 g/mol. The maximum absolute atomic E-state index is 13.0. The van der Waals surface area contributed by atoms with E-state index in [1.54, 1.807) is 11.6 Å². The first kappa shape index (κ1) is 21.4. The number of halogens is 1. The molecule has 0 bridgehead atoms. The fourth-order valence-corrected chi connectivity index (χ4v) is 4.59. The summed E-state index contributed by atoms with van der Waals surface area (Å²) >= 11 is 6.54. The minimum atomic E-state index is -0.277. The summed E-state index contributed by atoms with van der Waals surface area (Å²) in [5.41, 5.74) is 3.72. The van der Waals surface area contributed by atoms with Crippen molar-refractivity contribution >= 4 is 23.2 Å². The van der Waals surface area contributed by atoms with Gasteiger partial charge < -0.3 is 9.88 Å². The van der Waals surface area contributed by atoms with E-state index in [9.17, 15) is 4.79 Å². The van der Waals surface area contributed by atoms with Gasteiger partial charge in [0, 0.05) is 24.2 Å². The van der Waals surface area contributed by atoms with Crippen molar-refractivity contribution in [2.75, 3.05) is 5.32 Å². The number of nitrogens with zero attached hydrogens (tertiary/aromatic N) is 5. The largest absolute Gasteiger partial charge is 0.322 e. The number of benzene rings is 2. The van der Waals surface area contributed by atoms with E-state index in [-0.39, 0.29) is 5.91 Å². The molecule has 7 nitrogen and oxygen atoms in total. The van der Waals surface area contributed by atoms with Gasteiger partial charge in [0.25, 0.3) is 5.91 Å². The summed E-state index contributed by atoms with van der Waals surface area (Å²) in [5.74, 6) is 1.66. The highest BCUT2D eigenvalue weighted by Crippen LogP contribution is 2.26. The number of carbonyl (C=O) groups excluding carboxylic acids is 1. The quantitative estimate of drug-likeness (QED) is 0.447. The van der Waals surface area contributed by atoms with Crippen LogP contribution in [0, 0.1) is 6.92 Å². The van der Waals surface area contributed by atoms with Crippen LogP contribution in [0.4, 0.5) is 5.69 Å². The molecule has 1 aliphatic heterocycles. The monoisotopic (exact) mass is 460 g/mol. The predicted molar refractivity (Wildman–Crippen MR) is 128 cm³/mol. The van der Waals surface area contributed by atoms with Crippen LogP contribution in [0.2, 0.25) is 5.15 Å². The van der Waals surface area contributed by atoms with Gasteiger partial charge >= 0.3 is 0 Å². The molecule has 0 radical (unpaired) electrons. The van der Waals surface area contributed by atoms with Gasteiger partial charge in [0.2, 0.25) is 0 Å². The number of carbonyl (C=O) groups is 1. The molecular weight excluding hydrogens is 436 g/mol. The lowest BCUT2D eigenvalue weighted by molar-refractivity contribution is 0.102. The molecule has 0 spiro atoms. The summed E-state index contributed by atoms with van der Waals surface area (Å²) in [5, 5.41) is 16.5. The zero-order valence-electron chi connectivity index (χ0n) is 18.5. The molecule has 33 heavy (non-hydrogen) atoms. The Hall–Kier alpha value is -3.45. The number of hydrogen-bond acceptors (Lipinski definition) is 4. The number of rotatable bonds is 5. The van der Waals surface area contributed by atoms with Crippen molar-refractivity contribution in [3.05, 3.63) is 82.4 Å². The smallest absolute Gasteiger partial charge is 0.260 e. The lowest BCUT2D eigenvalue weighted by Gasteiger charge is -2.09. The molecule has 0 saturated heterocycles. The van der Waals surface area contributed by atoms with Gasteiger partial charge in [0.05, 0.1) is 17.8 Å². The molecule has 0 aliphatic carbocycles. The van der Waals surface area contributed by atoms with Crippen molar-refractivity contribution in [3.63, 3.8) is 0 Å². The van der Waals surface area contributed by atoms with E-state index in [2.05, 4.69) is 25.2 Å². The van der Waals surface area contributed by atoms with Gasteiger partial charge in [-0.2, -0.15) is 5.10 Å². The summed E-state index contributed by atoms with van der Waals surface area (Å²) in [4.78, 5) is 13.0. The second-order valence-corrected chi connectivity index (χ2v) is 8.69. The third-order valence-electron chi connectivity index (χ3n) is 5.98. The van der Waals surface area contributed by atoms with Crippen LogP contribution in [0.25, 0.3) is 11.4 Å². The van der Waals surface area contributed by atoms with E-state index in [1.165, 1.54) is 6.42 Å². The molecule has 4 aromatic rings. The second-order valence-electron chi connectivity index (χ2n) is 8.33. The van der Waals surface area contributed by atoms with E-state index < -0.39 is 0 Å². The van der Waals surface area contributed by atoms with E-state index >= 15 is 0 Å². The minimum Gasteiger partial charge on any atom is -0.322 e. The first-order valence-electron chi connectivity index (χ1n) is 11.2. The van der Waals surface area contributed by atoms with Crippen LogP contribution in [0.3, 0.4) is 0 Å². The third-order valence-corrected chi connectivity index (χ3v) is 6.36. The van der Waals surface area contributed by atoms with Crippen molar-refractivity contribution in [3.8, 4) is 11.4 Å². The lowest BCUT2D eigenvalue weighted by atomic mass is 10.1. The zero-order chi connectivity index (χ0) is 22.8. The Kier molecular flexibility index (Phi) is 5.96. The van der Waals surface area contributed by atoms with Crippen LogP contribution in [0.1, 0.15) is 46.7 Å². The molecule has 0 atom stereocenters. The topological polar surface area (TPSA) is 77.6 Å². The predicted octanol–water partition coefficient (Wildman–Crippen LogP) is 5.13. The summed E-state index contributed by atoms with van der Waals surface area (Å²) in [7, 11) is 0. The van der Waals surface area contributed by atoms with Crippen molar-refractivity contribution in [2.45, 2.75) is 45.7 Å². The van der Waals surface area contributed by atoms with Gasteiger partial charge in [0.1, 0.15) is 11.0 Å². The highest BCUT2D eigenvalue weighted by atomic mass is 35.5. The Morgan fingerprint density at radius 3 is 2.61 bits per heavy atom. The average Bonchev–Trinajstić information content (AvgIpc) is 3.24. The maximum atomic E-state index is 13.0. The van der Waals surface area contributed by atoms with Gasteiger partial charge in [-0.25, -0.2) is 4.68 Å². The Morgan fingerprint density at radius 2 is 1.82 bits per heavy atom. The Balaban J connectivity index is 1.32. The Morgan fingerprint density at radius 1 is 1.03 bits per heavy atom. The lowest BCUT2D eigenvalue weighted by Crippen LogP contribution is -2.13. The molecular formula is C25H25ClN6O. The fraction of sp³-hybridized carbons (Fsp3) is 0.280. The Bertz CT molecular complexity index is 1280. The van der Waals surface area contributed by atoms with Crippen molar-refractivity contribution in [1.29, 1.82) is 0 Å². The normalized spacial score (nSPS) is 13.4. The standard InChI is InChI=1S/C25H25ClN6O/c1-17-22(23(26)32(30-17)16-18-8-4-2-5-9-18)25(33)27-20-13-11-19(12-14-20)24-29-28-21-10-6-3-7-15-31(21)24/h2,4-5,8-9,11-14H,3,6-7,10,15-16H2,1H3,(H,27,33). The maximum Gasteiger partial charge on any atom is 0.260 e. The molecule has 0 saturated carbocycles. The fourth-order valence-electron chi connectivity index (χ4n) is 4.27. The van der Waals surface area contributed by atoms with Gasteiger partial charge in [0.15, 0.2) is 5.82 Å². The third kappa shape index (κ3) is 4.41. The van der Waals surface area contributed by atoms with E-state index in [0.29, 0.717) is 28.6 Å². The highest BCUT2D eigenvalue weighted by Gasteiger charge is 2.21. The molecule has 0 fully saturated rings.